The van der Waals surface area contributed by atoms with Crippen molar-refractivity contribution in [3.05, 3.63) is 77.2 Å². The zero-order valence-corrected chi connectivity index (χ0v) is 16.0. The molecule has 2 heterocycles. The molecular weight excluding hydrogens is 403 g/mol. The maximum atomic E-state index is 13.0. The summed E-state index contributed by atoms with van der Waals surface area (Å²) in [5.74, 6) is 2.00. The van der Waals surface area contributed by atoms with Crippen LogP contribution in [0.25, 0.3) is 11.5 Å². The molecule has 0 atom stereocenters. The highest BCUT2D eigenvalue weighted by Gasteiger charge is 2.10. The van der Waals surface area contributed by atoms with Gasteiger partial charge in [-0.15, -0.1) is 5.10 Å². The van der Waals surface area contributed by atoms with Crippen molar-refractivity contribution in [2.24, 2.45) is 0 Å². The first-order valence-corrected chi connectivity index (χ1v) is 9.65. The van der Waals surface area contributed by atoms with Gasteiger partial charge in [-0.1, -0.05) is 23.4 Å². The zero-order chi connectivity index (χ0) is 19.3. The number of hydrogen-bond donors (Lipinski definition) is 1. The summed E-state index contributed by atoms with van der Waals surface area (Å²) in [6, 6.07) is 13.1. The minimum Gasteiger partial charge on any atom is -0.486 e. The van der Waals surface area contributed by atoms with Crippen molar-refractivity contribution in [3.8, 4) is 17.2 Å². The van der Waals surface area contributed by atoms with Crippen molar-refractivity contribution in [3.63, 3.8) is 0 Å². The van der Waals surface area contributed by atoms with Crippen molar-refractivity contribution < 1.29 is 13.5 Å². The molecule has 0 unspecified atom stereocenters. The number of aromatic amines is 1. The van der Waals surface area contributed by atoms with Gasteiger partial charge in [0.15, 0.2) is 5.82 Å². The van der Waals surface area contributed by atoms with E-state index in [2.05, 4.69) is 20.2 Å². The highest BCUT2D eigenvalue weighted by Crippen LogP contribution is 2.23. The monoisotopic (exact) mass is 416 g/mol. The number of oxazole rings is 1. The van der Waals surface area contributed by atoms with Crippen molar-refractivity contribution in [1.82, 2.24) is 20.2 Å². The van der Waals surface area contributed by atoms with Crippen LogP contribution in [-0.4, -0.2) is 20.2 Å². The summed E-state index contributed by atoms with van der Waals surface area (Å²) in [4.78, 5) is 8.78. The zero-order valence-electron chi connectivity index (χ0n) is 14.4. The third kappa shape index (κ3) is 4.71. The molecule has 4 rings (SSSR count). The minimum atomic E-state index is -0.300. The van der Waals surface area contributed by atoms with E-state index in [-0.39, 0.29) is 12.4 Å². The topological polar surface area (TPSA) is 76.8 Å². The molecule has 0 aliphatic heterocycles. The molecule has 9 heteroatoms. The van der Waals surface area contributed by atoms with Crippen LogP contribution in [-0.2, 0) is 12.4 Å². The lowest BCUT2D eigenvalue weighted by molar-refractivity contribution is 0.296. The number of benzene rings is 2. The number of nitrogens with zero attached hydrogens (tertiary/aromatic N) is 3. The SMILES string of the molecule is Fc1ccc(-c2nc(CSc3n[nH]c(COc4ccc(Cl)cc4)n3)co2)cc1. The molecule has 142 valence electrons. The van der Waals surface area contributed by atoms with Crippen LogP contribution in [0, 0.1) is 5.82 Å². The third-order valence-electron chi connectivity index (χ3n) is 3.69. The Morgan fingerprint density at radius 3 is 2.64 bits per heavy atom. The third-order valence-corrected chi connectivity index (χ3v) is 4.83. The first-order chi connectivity index (χ1) is 13.7. The second-order valence-corrected chi connectivity index (χ2v) is 7.13. The van der Waals surface area contributed by atoms with E-state index < -0.39 is 0 Å². The Hall–Kier alpha value is -2.84. The summed E-state index contributed by atoms with van der Waals surface area (Å²) in [5.41, 5.74) is 1.46. The van der Waals surface area contributed by atoms with E-state index in [4.69, 9.17) is 20.8 Å². The lowest BCUT2D eigenvalue weighted by Crippen LogP contribution is -1.97. The fourth-order valence-electron chi connectivity index (χ4n) is 2.33. The highest BCUT2D eigenvalue weighted by atomic mass is 35.5. The standard InChI is InChI=1S/C19H14ClFN4O2S/c20-13-3-7-16(8-4-13)26-10-17-23-19(25-24-17)28-11-15-9-27-18(22-15)12-1-5-14(21)6-2-12/h1-9H,10-11H2,(H,23,24,25). The molecule has 0 amide bonds. The number of halogens is 2. The maximum absolute atomic E-state index is 13.0. The maximum Gasteiger partial charge on any atom is 0.226 e. The molecule has 0 saturated heterocycles. The quantitative estimate of drug-likeness (QED) is 0.421. The predicted octanol–water partition coefficient (Wildman–Crippen LogP) is 5.12. The summed E-state index contributed by atoms with van der Waals surface area (Å²) < 4.78 is 24.1. The molecular formula is C19H14ClFN4O2S. The summed E-state index contributed by atoms with van der Waals surface area (Å²) in [7, 11) is 0. The Balaban J connectivity index is 1.31. The van der Waals surface area contributed by atoms with Gasteiger partial charge in [-0.3, -0.25) is 5.10 Å². The average molecular weight is 417 g/mol. The Kier molecular flexibility index (Phi) is 5.59. The van der Waals surface area contributed by atoms with Crippen LogP contribution < -0.4 is 4.74 Å². The van der Waals surface area contributed by atoms with Crippen molar-refractivity contribution in [2.45, 2.75) is 17.5 Å². The molecule has 0 aliphatic carbocycles. The van der Waals surface area contributed by atoms with E-state index in [1.165, 1.54) is 23.9 Å². The van der Waals surface area contributed by atoms with Gasteiger partial charge in [0, 0.05) is 16.3 Å². The Labute approximate surface area is 169 Å². The molecule has 0 spiro atoms. The van der Waals surface area contributed by atoms with E-state index in [0.717, 1.165) is 11.3 Å². The molecule has 28 heavy (non-hydrogen) atoms. The van der Waals surface area contributed by atoms with Gasteiger partial charge in [0.05, 0.1) is 5.69 Å². The molecule has 1 N–H and O–H groups in total. The molecule has 2 aromatic heterocycles. The Morgan fingerprint density at radius 1 is 1.07 bits per heavy atom. The van der Waals surface area contributed by atoms with Gasteiger partial charge < -0.3 is 9.15 Å². The van der Waals surface area contributed by atoms with Crippen LogP contribution in [0.15, 0.2) is 64.4 Å². The smallest absolute Gasteiger partial charge is 0.226 e. The molecule has 0 fully saturated rings. The molecule has 4 aromatic rings. The number of H-pyrrole nitrogens is 1. The normalized spacial score (nSPS) is 10.9. The van der Waals surface area contributed by atoms with Gasteiger partial charge in [-0.2, -0.15) is 0 Å². The fourth-order valence-corrected chi connectivity index (χ4v) is 3.15. The predicted molar refractivity (Wildman–Crippen MR) is 104 cm³/mol. The summed E-state index contributed by atoms with van der Waals surface area (Å²) in [6.07, 6.45) is 1.57. The number of aromatic nitrogens is 4. The summed E-state index contributed by atoms with van der Waals surface area (Å²) in [6.45, 7) is 0.272. The van der Waals surface area contributed by atoms with E-state index >= 15 is 0 Å². The minimum absolute atomic E-state index is 0.272. The van der Waals surface area contributed by atoms with Crippen LogP contribution in [0.4, 0.5) is 4.39 Å². The van der Waals surface area contributed by atoms with E-state index in [1.54, 1.807) is 42.7 Å². The van der Waals surface area contributed by atoms with Crippen molar-refractivity contribution >= 4 is 23.4 Å². The second-order valence-electron chi connectivity index (χ2n) is 5.75. The van der Waals surface area contributed by atoms with Crippen LogP contribution in [0.5, 0.6) is 5.75 Å². The van der Waals surface area contributed by atoms with E-state index in [0.29, 0.717) is 33.4 Å². The molecule has 0 saturated carbocycles. The van der Waals surface area contributed by atoms with E-state index in [1.807, 2.05) is 0 Å². The molecule has 2 aromatic carbocycles. The number of hydrogen-bond acceptors (Lipinski definition) is 6. The number of thioether (sulfide) groups is 1. The first-order valence-electron chi connectivity index (χ1n) is 8.28. The van der Waals surface area contributed by atoms with Gasteiger partial charge in [0.25, 0.3) is 0 Å². The van der Waals surface area contributed by atoms with Crippen LogP contribution in [0.2, 0.25) is 5.02 Å². The van der Waals surface area contributed by atoms with Gasteiger partial charge >= 0.3 is 0 Å². The number of rotatable bonds is 7. The number of ether oxygens (including phenoxy) is 1. The van der Waals surface area contributed by atoms with Crippen LogP contribution >= 0.6 is 23.4 Å². The van der Waals surface area contributed by atoms with E-state index in [9.17, 15) is 4.39 Å². The lowest BCUT2D eigenvalue weighted by atomic mass is 10.2. The number of nitrogens with one attached hydrogen (secondary N) is 1. The lowest BCUT2D eigenvalue weighted by Gasteiger charge is -2.03. The van der Waals surface area contributed by atoms with Gasteiger partial charge in [0.2, 0.25) is 11.0 Å². The fraction of sp³-hybridized carbons (Fsp3) is 0.105. The Morgan fingerprint density at radius 2 is 1.86 bits per heavy atom. The molecule has 0 radical (unpaired) electrons. The van der Waals surface area contributed by atoms with Crippen molar-refractivity contribution in [1.29, 1.82) is 0 Å². The molecule has 0 aliphatic rings. The average Bonchev–Trinajstić information content (AvgIpc) is 3.36. The van der Waals surface area contributed by atoms with Gasteiger partial charge in [-0.25, -0.2) is 14.4 Å². The molecule has 6 nitrogen and oxygen atoms in total. The summed E-state index contributed by atoms with van der Waals surface area (Å²) >= 11 is 7.27. The van der Waals surface area contributed by atoms with Crippen molar-refractivity contribution in [2.75, 3.05) is 0 Å². The highest BCUT2D eigenvalue weighted by molar-refractivity contribution is 7.98. The van der Waals surface area contributed by atoms with Crippen LogP contribution in [0.1, 0.15) is 11.5 Å². The molecule has 0 bridgehead atoms. The van der Waals surface area contributed by atoms with Gasteiger partial charge in [-0.05, 0) is 48.5 Å². The first kappa shape index (κ1) is 18.5. The summed E-state index contributed by atoms with van der Waals surface area (Å²) in [5, 5.41) is 8.24. The van der Waals surface area contributed by atoms with Crippen LogP contribution in [0.3, 0.4) is 0 Å². The second kappa shape index (κ2) is 8.45. The van der Waals surface area contributed by atoms with Gasteiger partial charge in [0.1, 0.15) is 24.4 Å². The Bertz CT molecular complexity index is 1050. The largest absolute Gasteiger partial charge is 0.486 e.